The van der Waals surface area contributed by atoms with E-state index in [1.807, 2.05) is 24.3 Å². The third-order valence-corrected chi connectivity index (χ3v) is 8.83. The van der Waals surface area contributed by atoms with Gasteiger partial charge in [0.25, 0.3) is 5.91 Å². The molecule has 1 atom stereocenters. The van der Waals surface area contributed by atoms with E-state index in [0.29, 0.717) is 41.1 Å². The SMILES string of the molecule is COc1cc(OCc2ccccc2CN2CCCCC2O)cc(-n2cc(C(=O)N(C)c3cc(F)cc(F)c3)c(=O)c3ccc(OC)cc32)c1. The predicted molar refractivity (Wildman–Crippen MR) is 183 cm³/mol. The fraction of sp³-hybridized carbons (Fsp3) is 0.263. The van der Waals surface area contributed by atoms with Crippen LogP contribution in [0.25, 0.3) is 16.6 Å². The number of nitrogens with zero attached hydrogens (tertiary/aromatic N) is 3. The van der Waals surface area contributed by atoms with Crippen LogP contribution in [0, 0.1) is 11.6 Å². The Hall–Kier alpha value is -5.26. The number of fused-ring (bicyclic) bond motifs is 1. The summed E-state index contributed by atoms with van der Waals surface area (Å²) in [5.74, 6) is -1.04. The van der Waals surface area contributed by atoms with Gasteiger partial charge in [-0.1, -0.05) is 24.3 Å². The van der Waals surface area contributed by atoms with Gasteiger partial charge < -0.3 is 28.8 Å². The van der Waals surface area contributed by atoms with Crippen molar-refractivity contribution in [2.24, 2.45) is 0 Å². The van der Waals surface area contributed by atoms with Crippen LogP contribution < -0.4 is 24.5 Å². The fourth-order valence-corrected chi connectivity index (χ4v) is 6.12. The fourth-order valence-electron chi connectivity index (χ4n) is 6.12. The normalized spacial score (nSPS) is 14.9. The predicted octanol–water partition coefficient (Wildman–Crippen LogP) is 6.45. The molecule has 1 aromatic heterocycles. The average Bonchev–Trinajstić information content (AvgIpc) is 3.11. The van der Waals surface area contributed by atoms with Crippen molar-refractivity contribution < 1.29 is 32.9 Å². The highest BCUT2D eigenvalue weighted by Gasteiger charge is 2.23. The number of aliphatic hydroxyl groups excluding tert-OH is 1. The number of aromatic nitrogens is 1. The molecule has 1 unspecified atom stereocenters. The summed E-state index contributed by atoms with van der Waals surface area (Å²) in [6, 6.07) is 20.8. The van der Waals surface area contributed by atoms with E-state index >= 15 is 0 Å². The number of amides is 1. The molecule has 0 saturated carbocycles. The zero-order chi connectivity index (χ0) is 34.7. The summed E-state index contributed by atoms with van der Waals surface area (Å²) < 4.78 is 47.1. The third kappa shape index (κ3) is 7.28. The highest BCUT2D eigenvalue weighted by molar-refractivity contribution is 6.07. The quantitative estimate of drug-likeness (QED) is 0.183. The highest BCUT2D eigenvalue weighted by atomic mass is 19.1. The number of piperidine rings is 1. The van der Waals surface area contributed by atoms with Gasteiger partial charge in [0.15, 0.2) is 0 Å². The first-order valence-corrected chi connectivity index (χ1v) is 15.9. The van der Waals surface area contributed by atoms with Gasteiger partial charge in [0.2, 0.25) is 5.43 Å². The maximum atomic E-state index is 14.0. The van der Waals surface area contributed by atoms with Gasteiger partial charge in [-0.05, 0) is 54.7 Å². The highest BCUT2D eigenvalue weighted by Crippen LogP contribution is 2.30. The Bertz CT molecular complexity index is 2050. The van der Waals surface area contributed by atoms with Crippen molar-refractivity contribution in [2.75, 3.05) is 32.7 Å². The number of carbonyl (C=O) groups is 1. The van der Waals surface area contributed by atoms with Crippen molar-refractivity contribution in [1.29, 1.82) is 0 Å². The van der Waals surface area contributed by atoms with Crippen molar-refractivity contribution in [3.8, 4) is 22.9 Å². The van der Waals surface area contributed by atoms with E-state index in [1.54, 1.807) is 41.0 Å². The van der Waals surface area contributed by atoms with Crippen molar-refractivity contribution in [2.45, 2.75) is 38.6 Å². The van der Waals surface area contributed by atoms with E-state index in [9.17, 15) is 23.5 Å². The van der Waals surface area contributed by atoms with Crippen LogP contribution in [-0.4, -0.2) is 54.5 Å². The summed E-state index contributed by atoms with van der Waals surface area (Å²) in [7, 11) is 4.38. The van der Waals surface area contributed by atoms with Gasteiger partial charge in [0, 0.05) is 67.7 Å². The molecule has 4 aromatic carbocycles. The second kappa shape index (κ2) is 14.5. The Kier molecular flexibility index (Phi) is 9.93. The molecule has 1 N–H and O–H groups in total. The van der Waals surface area contributed by atoms with Crippen LogP contribution in [0.2, 0.25) is 0 Å². The van der Waals surface area contributed by atoms with Gasteiger partial charge in [0.05, 0.1) is 25.4 Å². The van der Waals surface area contributed by atoms with Crippen LogP contribution in [0.1, 0.15) is 40.7 Å². The molecular formula is C38H37F2N3O6. The largest absolute Gasteiger partial charge is 0.497 e. The first-order valence-electron chi connectivity index (χ1n) is 15.9. The van der Waals surface area contributed by atoms with Gasteiger partial charge in [-0.3, -0.25) is 14.5 Å². The minimum atomic E-state index is -0.853. The number of pyridine rings is 1. The minimum absolute atomic E-state index is 0.0459. The number of hydrogen-bond acceptors (Lipinski definition) is 7. The lowest BCUT2D eigenvalue weighted by atomic mass is 10.0. The Labute approximate surface area is 282 Å². The molecular weight excluding hydrogens is 632 g/mol. The van der Waals surface area contributed by atoms with Crippen molar-refractivity contribution >= 4 is 22.5 Å². The smallest absolute Gasteiger partial charge is 0.263 e. The summed E-state index contributed by atoms with van der Waals surface area (Å²) in [5.41, 5.74) is 2.16. The lowest BCUT2D eigenvalue weighted by Gasteiger charge is -2.32. The Morgan fingerprint density at radius 2 is 1.61 bits per heavy atom. The molecule has 49 heavy (non-hydrogen) atoms. The molecule has 1 aliphatic heterocycles. The van der Waals surface area contributed by atoms with E-state index in [4.69, 9.17) is 14.2 Å². The maximum absolute atomic E-state index is 14.0. The Morgan fingerprint density at radius 3 is 2.33 bits per heavy atom. The summed E-state index contributed by atoms with van der Waals surface area (Å²) in [5, 5.41) is 10.7. The van der Waals surface area contributed by atoms with E-state index in [0.717, 1.165) is 54.0 Å². The van der Waals surface area contributed by atoms with E-state index < -0.39 is 29.2 Å². The van der Waals surface area contributed by atoms with E-state index in [2.05, 4.69) is 4.90 Å². The molecule has 6 rings (SSSR count). The van der Waals surface area contributed by atoms with Gasteiger partial charge in [-0.25, -0.2) is 8.78 Å². The van der Waals surface area contributed by atoms with Gasteiger partial charge in [-0.15, -0.1) is 0 Å². The first kappa shape index (κ1) is 33.6. The molecule has 254 valence electrons. The van der Waals surface area contributed by atoms with E-state index in [-0.39, 0.29) is 23.2 Å². The third-order valence-electron chi connectivity index (χ3n) is 8.83. The monoisotopic (exact) mass is 669 g/mol. The number of rotatable bonds is 10. The van der Waals surface area contributed by atoms with Crippen molar-refractivity contribution in [1.82, 2.24) is 9.47 Å². The lowest BCUT2D eigenvalue weighted by Crippen LogP contribution is -2.38. The maximum Gasteiger partial charge on any atom is 0.263 e. The summed E-state index contributed by atoms with van der Waals surface area (Å²) in [6.45, 7) is 1.67. The summed E-state index contributed by atoms with van der Waals surface area (Å²) in [4.78, 5) is 30.6. The van der Waals surface area contributed by atoms with Crippen LogP contribution in [0.15, 0.2) is 89.9 Å². The molecule has 1 fully saturated rings. The zero-order valence-electron chi connectivity index (χ0n) is 27.5. The van der Waals surface area contributed by atoms with Crippen molar-refractivity contribution in [3.63, 3.8) is 0 Å². The molecule has 2 heterocycles. The minimum Gasteiger partial charge on any atom is -0.497 e. The summed E-state index contributed by atoms with van der Waals surface area (Å²) in [6.07, 6.45) is 3.74. The van der Waals surface area contributed by atoms with Crippen molar-refractivity contribution in [3.05, 3.63) is 124 Å². The van der Waals surface area contributed by atoms with Gasteiger partial charge >= 0.3 is 0 Å². The topological polar surface area (TPSA) is 93.5 Å². The van der Waals surface area contributed by atoms with Gasteiger partial charge in [0.1, 0.15) is 47.3 Å². The number of aliphatic hydroxyl groups is 1. The second-order valence-corrected chi connectivity index (χ2v) is 12.0. The zero-order valence-corrected chi connectivity index (χ0v) is 27.5. The van der Waals surface area contributed by atoms with Gasteiger partial charge in [-0.2, -0.15) is 0 Å². The molecule has 11 heteroatoms. The first-order chi connectivity index (χ1) is 23.6. The van der Waals surface area contributed by atoms with Crippen LogP contribution in [0.3, 0.4) is 0 Å². The number of halogens is 2. The molecule has 1 saturated heterocycles. The summed E-state index contributed by atoms with van der Waals surface area (Å²) >= 11 is 0. The molecule has 5 aromatic rings. The number of anilines is 1. The number of hydrogen-bond donors (Lipinski definition) is 1. The van der Waals surface area contributed by atoms with E-state index in [1.165, 1.54) is 27.5 Å². The Balaban J connectivity index is 1.39. The van der Waals surface area contributed by atoms with Crippen LogP contribution in [0.5, 0.6) is 17.2 Å². The number of ether oxygens (including phenoxy) is 3. The number of likely N-dealkylation sites (tertiary alicyclic amines) is 1. The molecule has 1 amide bonds. The van der Waals surface area contributed by atoms with Crippen LogP contribution in [-0.2, 0) is 13.2 Å². The number of carbonyl (C=O) groups excluding carboxylic acids is 1. The number of methoxy groups -OCH3 is 2. The molecule has 9 nitrogen and oxygen atoms in total. The van der Waals surface area contributed by atoms with Crippen LogP contribution >= 0.6 is 0 Å². The lowest BCUT2D eigenvalue weighted by molar-refractivity contribution is -0.0293. The molecule has 1 aliphatic rings. The molecule has 0 spiro atoms. The average molecular weight is 670 g/mol. The Morgan fingerprint density at radius 1 is 0.898 bits per heavy atom. The molecule has 0 aliphatic carbocycles. The van der Waals surface area contributed by atoms with Crippen LogP contribution in [0.4, 0.5) is 14.5 Å². The number of benzene rings is 4. The standard InChI is InChI=1S/C38H37F2N3O6/c1-41(28-15-26(39)14-27(40)16-28)38(46)34-22-43(35-20-30(47-2)11-12-33(35)37(34)45)29-17-31(48-3)19-32(18-29)49-23-25-9-5-4-8-24(25)21-42-13-7-6-10-36(42)44/h4-5,8-9,11-12,14-20,22,36,44H,6-7,10,13,21,23H2,1-3H3. The molecule has 0 bridgehead atoms. The second-order valence-electron chi connectivity index (χ2n) is 12.0. The molecule has 0 radical (unpaired) electrons.